The van der Waals surface area contributed by atoms with E-state index >= 15 is 0 Å². The molecule has 0 heterocycles. The van der Waals surface area contributed by atoms with Crippen molar-refractivity contribution in [1.29, 1.82) is 0 Å². The molecule has 6 heteroatoms. The number of carbonyl (C=O) groups is 1. The Morgan fingerprint density at radius 1 is 1.41 bits per heavy atom. The number of hydrogen-bond acceptors (Lipinski definition) is 4. The van der Waals surface area contributed by atoms with E-state index in [0.717, 1.165) is 12.7 Å². The van der Waals surface area contributed by atoms with Crippen molar-refractivity contribution in [3.05, 3.63) is 23.8 Å². The summed E-state index contributed by atoms with van der Waals surface area (Å²) in [7, 11) is -3.40. The topological polar surface area (TPSA) is 72.5 Å². The smallest absolute Gasteiger partial charge is 0.229 e. The van der Waals surface area contributed by atoms with Crippen LogP contribution >= 0.6 is 0 Å². The fourth-order valence-electron chi connectivity index (χ4n) is 1.24. The Balaban J connectivity index is 3.06. The van der Waals surface area contributed by atoms with E-state index in [2.05, 4.69) is 4.72 Å². The van der Waals surface area contributed by atoms with Crippen molar-refractivity contribution in [2.75, 3.05) is 17.6 Å². The molecule has 0 spiro atoms. The average molecular weight is 257 g/mol. The van der Waals surface area contributed by atoms with Crippen LogP contribution in [-0.2, 0) is 10.0 Å². The predicted octanol–water partition coefficient (Wildman–Crippen LogP) is 1.66. The number of ether oxygens (including phenoxy) is 1. The van der Waals surface area contributed by atoms with Crippen LogP contribution in [0.1, 0.15) is 23.7 Å². The molecule has 0 aliphatic rings. The summed E-state index contributed by atoms with van der Waals surface area (Å²) in [5, 5.41) is 0. The molecule has 0 radical (unpaired) electrons. The predicted molar refractivity (Wildman–Crippen MR) is 66.1 cm³/mol. The second kappa shape index (κ2) is 5.67. The standard InChI is InChI=1S/C11H15NO4S/c1-3-6-16-11-5-4-9(8-13)7-10(11)12-17(2,14)15/h4-5,7-8,12H,3,6H2,1-2H3. The highest BCUT2D eigenvalue weighted by Crippen LogP contribution is 2.26. The van der Waals surface area contributed by atoms with E-state index in [1.165, 1.54) is 6.07 Å². The molecular formula is C11H15NO4S. The van der Waals surface area contributed by atoms with Gasteiger partial charge in [0.15, 0.2) is 0 Å². The van der Waals surface area contributed by atoms with Crippen molar-refractivity contribution in [2.45, 2.75) is 13.3 Å². The van der Waals surface area contributed by atoms with Gasteiger partial charge in [-0.2, -0.15) is 0 Å². The molecule has 0 aliphatic heterocycles. The van der Waals surface area contributed by atoms with E-state index in [0.29, 0.717) is 24.2 Å². The summed E-state index contributed by atoms with van der Waals surface area (Å²) in [6.07, 6.45) is 2.51. The quantitative estimate of drug-likeness (QED) is 0.787. The molecule has 0 amide bonds. The van der Waals surface area contributed by atoms with Gasteiger partial charge in [0.05, 0.1) is 18.6 Å². The summed E-state index contributed by atoms with van der Waals surface area (Å²) in [6.45, 7) is 2.43. The first-order valence-corrected chi connectivity index (χ1v) is 7.05. The van der Waals surface area contributed by atoms with Crippen LogP contribution in [-0.4, -0.2) is 27.6 Å². The maximum atomic E-state index is 11.2. The second-order valence-corrected chi connectivity index (χ2v) is 5.34. The number of sulfonamides is 1. The van der Waals surface area contributed by atoms with Crippen molar-refractivity contribution in [2.24, 2.45) is 0 Å². The monoisotopic (exact) mass is 257 g/mol. The van der Waals surface area contributed by atoms with Crippen molar-refractivity contribution in [3.8, 4) is 5.75 Å². The third-order valence-corrected chi connectivity index (χ3v) is 2.49. The number of carbonyl (C=O) groups excluding carboxylic acids is 1. The van der Waals surface area contributed by atoms with Crippen molar-refractivity contribution in [1.82, 2.24) is 0 Å². The van der Waals surface area contributed by atoms with Crippen LogP contribution < -0.4 is 9.46 Å². The maximum Gasteiger partial charge on any atom is 0.229 e. The zero-order valence-corrected chi connectivity index (χ0v) is 10.6. The number of benzene rings is 1. The third-order valence-electron chi connectivity index (χ3n) is 1.90. The van der Waals surface area contributed by atoms with Crippen molar-refractivity contribution in [3.63, 3.8) is 0 Å². The Morgan fingerprint density at radius 2 is 2.12 bits per heavy atom. The molecule has 1 rings (SSSR count). The van der Waals surface area contributed by atoms with E-state index in [1.807, 2.05) is 6.92 Å². The van der Waals surface area contributed by atoms with Gasteiger partial charge in [-0.3, -0.25) is 9.52 Å². The zero-order valence-electron chi connectivity index (χ0n) is 9.76. The summed E-state index contributed by atoms with van der Waals surface area (Å²) in [5.41, 5.74) is 0.672. The van der Waals surface area contributed by atoms with Gasteiger partial charge in [-0.1, -0.05) is 6.92 Å². The minimum atomic E-state index is -3.40. The van der Waals surface area contributed by atoms with E-state index in [9.17, 15) is 13.2 Å². The van der Waals surface area contributed by atoms with Gasteiger partial charge in [-0.15, -0.1) is 0 Å². The normalized spacial score (nSPS) is 10.9. The molecule has 0 bridgehead atoms. The molecule has 0 unspecified atom stereocenters. The van der Waals surface area contributed by atoms with Gasteiger partial charge in [0.1, 0.15) is 12.0 Å². The lowest BCUT2D eigenvalue weighted by atomic mass is 10.2. The molecular weight excluding hydrogens is 242 g/mol. The van der Waals surface area contributed by atoms with Crippen LogP contribution in [0, 0.1) is 0 Å². The highest BCUT2D eigenvalue weighted by Gasteiger charge is 2.09. The third kappa shape index (κ3) is 4.44. The Morgan fingerprint density at radius 3 is 2.65 bits per heavy atom. The van der Waals surface area contributed by atoms with Gasteiger partial charge in [0.2, 0.25) is 10.0 Å². The number of nitrogens with one attached hydrogen (secondary N) is 1. The Bertz CT molecular complexity index is 496. The summed E-state index contributed by atoms with van der Waals surface area (Å²) in [4.78, 5) is 10.6. The summed E-state index contributed by atoms with van der Waals surface area (Å²) in [6, 6.07) is 4.59. The van der Waals surface area contributed by atoms with E-state index in [1.54, 1.807) is 12.1 Å². The first-order chi connectivity index (χ1) is 7.96. The zero-order chi connectivity index (χ0) is 12.9. The van der Waals surface area contributed by atoms with Crippen molar-refractivity contribution < 1.29 is 17.9 Å². The Kier molecular flexibility index (Phi) is 4.51. The van der Waals surface area contributed by atoms with E-state index in [4.69, 9.17) is 4.74 Å². The maximum absolute atomic E-state index is 11.2. The molecule has 94 valence electrons. The number of aldehydes is 1. The summed E-state index contributed by atoms with van der Waals surface area (Å²) in [5.74, 6) is 0.419. The van der Waals surface area contributed by atoms with Crippen LogP contribution in [0.2, 0.25) is 0 Å². The Hall–Kier alpha value is -1.56. The molecule has 0 aromatic heterocycles. The summed E-state index contributed by atoms with van der Waals surface area (Å²) >= 11 is 0. The molecule has 5 nitrogen and oxygen atoms in total. The fraction of sp³-hybridized carbons (Fsp3) is 0.364. The van der Waals surface area contributed by atoms with Gasteiger partial charge in [-0.05, 0) is 24.6 Å². The minimum Gasteiger partial charge on any atom is -0.491 e. The molecule has 0 saturated heterocycles. The lowest BCUT2D eigenvalue weighted by molar-refractivity contribution is 0.112. The lowest BCUT2D eigenvalue weighted by Crippen LogP contribution is -2.11. The number of rotatable bonds is 6. The minimum absolute atomic E-state index is 0.283. The van der Waals surface area contributed by atoms with Crippen molar-refractivity contribution >= 4 is 22.0 Å². The van der Waals surface area contributed by atoms with Crippen LogP contribution in [0.5, 0.6) is 5.75 Å². The van der Waals surface area contributed by atoms with Crippen LogP contribution in [0.15, 0.2) is 18.2 Å². The first-order valence-electron chi connectivity index (χ1n) is 5.16. The van der Waals surface area contributed by atoms with Gasteiger partial charge in [0.25, 0.3) is 0 Å². The average Bonchev–Trinajstić information content (AvgIpc) is 2.25. The molecule has 1 aromatic carbocycles. The van der Waals surface area contributed by atoms with Gasteiger partial charge < -0.3 is 4.74 Å². The fourth-order valence-corrected chi connectivity index (χ4v) is 1.80. The summed E-state index contributed by atoms with van der Waals surface area (Å²) < 4.78 is 30.1. The molecule has 1 aromatic rings. The van der Waals surface area contributed by atoms with Gasteiger partial charge in [-0.25, -0.2) is 8.42 Å². The van der Waals surface area contributed by atoms with Crippen LogP contribution in [0.25, 0.3) is 0 Å². The van der Waals surface area contributed by atoms with Crippen LogP contribution in [0.3, 0.4) is 0 Å². The molecule has 1 N–H and O–H groups in total. The van der Waals surface area contributed by atoms with E-state index in [-0.39, 0.29) is 5.69 Å². The SMILES string of the molecule is CCCOc1ccc(C=O)cc1NS(C)(=O)=O. The molecule has 0 atom stereocenters. The van der Waals surface area contributed by atoms with Gasteiger partial charge >= 0.3 is 0 Å². The largest absolute Gasteiger partial charge is 0.491 e. The molecule has 0 aliphatic carbocycles. The number of anilines is 1. The highest BCUT2D eigenvalue weighted by atomic mass is 32.2. The second-order valence-electron chi connectivity index (χ2n) is 3.60. The van der Waals surface area contributed by atoms with Gasteiger partial charge in [0, 0.05) is 5.56 Å². The van der Waals surface area contributed by atoms with Crippen LogP contribution in [0.4, 0.5) is 5.69 Å². The highest BCUT2D eigenvalue weighted by molar-refractivity contribution is 7.92. The number of hydrogen-bond donors (Lipinski definition) is 1. The molecule has 17 heavy (non-hydrogen) atoms. The molecule has 0 saturated carbocycles. The lowest BCUT2D eigenvalue weighted by Gasteiger charge is -2.12. The molecule has 0 fully saturated rings. The first kappa shape index (κ1) is 13.5. The van der Waals surface area contributed by atoms with E-state index < -0.39 is 10.0 Å². The Labute approximate surface area is 101 Å².